The molecule has 1 aliphatic carbocycles. The highest BCUT2D eigenvalue weighted by molar-refractivity contribution is 5.92. The van der Waals surface area contributed by atoms with E-state index in [0.717, 1.165) is 10.8 Å². The number of esters is 1. The first-order valence-electron chi connectivity index (χ1n) is 12.0. The van der Waals surface area contributed by atoms with E-state index in [1.165, 1.54) is 26.4 Å². The number of aliphatic carboxylic acids is 1. The molecule has 38 heavy (non-hydrogen) atoms. The summed E-state index contributed by atoms with van der Waals surface area (Å²) in [6, 6.07) is 22.0. The van der Waals surface area contributed by atoms with Crippen molar-refractivity contribution >= 4 is 22.7 Å². The molecule has 0 aromatic heterocycles. The molecule has 194 valence electrons. The summed E-state index contributed by atoms with van der Waals surface area (Å²) in [6.07, 6.45) is 0. The summed E-state index contributed by atoms with van der Waals surface area (Å²) < 4.78 is 16.4. The molecule has 8 nitrogen and oxygen atoms in total. The van der Waals surface area contributed by atoms with Crippen LogP contribution in [0.4, 0.5) is 0 Å². The standard InChI is InChI=1S/C30H26O8/c1-36-23-14-17(10-12-20(23)31)25-27(29(33)34)26(18-11-13-21(32)24(15-18)37-2)28(25)30(35)38-22-9-5-7-16-6-3-4-8-19(16)22/h3-15,25-28,31-32H,1-2H3,(H,33,34)/t25-,26-,27-,28-/m0/s1. The van der Waals surface area contributed by atoms with E-state index in [4.69, 9.17) is 14.2 Å². The molecule has 2 atom stereocenters. The van der Waals surface area contributed by atoms with Crippen LogP contribution in [0, 0.1) is 11.8 Å². The average Bonchev–Trinajstić information content (AvgIpc) is 2.90. The molecule has 0 saturated heterocycles. The average molecular weight is 515 g/mol. The maximum Gasteiger partial charge on any atom is 0.315 e. The van der Waals surface area contributed by atoms with Crippen molar-refractivity contribution in [3.63, 3.8) is 0 Å². The van der Waals surface area contributed by atoms with Crippen LogP contribution in [0.1, 0.15) is 23.0 Å². The van der Waals surface area contributed by atoms with Crippen molar-refractivity contribution in [2.75, 3.05) is 14.2 Å². The largest absolute Gasteiger partial charge is 0.504 e. The van der Waals surface area contributed by atoms with Crippen LogP contribution in [0.15, 0.2) is 78.9 Å². The summed E-state index contributed by atoms with van der Waals surface area (Å²) >= 11 is 0. The van der Waals surface area contributed by atoms with E-state index in [2.05, 4.69) is 0 Å². The Morgan fingerprint density at radius 3 is 1.79 bits per heavy atom. The first-order valence-corrected chi connectivity index (χ1v) is 12.0. The van der Waals surface area contributed by atoms with Gasteiger partial charge in [-0.25, -0.2) is 0 Å². The van der Waals surface area contributed by atoms with Crippen LogP contribution < -0.4 is 14.2 Å². The number of hydrogen-bond donors (Lipinski definition) is 3. The van der Waals surface area contributed by atoms with Crippen LogP contribution in [-0.2, 0) is 9.59 Å². The van der Waals surface area contributed by atoms with Gasteiger partial charge < -0.3 is 29.5 Å². The fraction of sp³-hybridized carbons (Fsp3) is 0.200. The molecule has 4 aromatic carbocycles. The van der Waals surface area contributed by atoms with Gasteiger partial charge in [0.25, 0.3) is 0 Å². The first kappa shape index (κ1) is 25.0. The zero-order valence-corrected chi connectivity index (χ0v) is 20.7. The van der Waals surface area contributed by atoms with E-state index in [9.17, 15) is 24.9 Å². The van der Waals surface area contributed by atoms with Crippen LogP contribution in [-0.4, -0.2) is 41.5 Å². The van der Waals surface area contributed by atoms with Gasteiger partial charge in [0.15, 0.2) is 23.0 Å². The molecule has 8 heteroatoms. The molecule has 0 unspecified atom stereocenters. The minimum Gasteiger partial charge on any atom is -0.504 e. The Kier molecular flexibility index (Phi) is 6.55. The summed E-state index contributed by atoms with van der Waals surface area (Å²) in [7, 11) is 2.79. The van der Waals surface area contributed by atoms with E-state index in [1.54, 1.807) is 36.4 Å². The lowest BCUT2D eigenvalue weighted by molar-refractivity contribution is -0.158. The number of hydrogen-bond acceptors (Lipinski definition) is 7. The number of aromatic hydroxyl groups is 2. The van der Waals surface area contributed by atoms with E-state index < -0.39 is 35.6 Å². The minimum absolute atomic E-state index is 0.0999. The van der Waals surface area contributed by atoms with Crippen LogP contribution >= 0.6 is 0 Å². The van der Waals surface area contributed by atoms with Gasteiger partial charge in [0.1, 0.15) is 5.75 Å². The predicted molar refractivity (Wildman–Crippen MR) is 139 cm³/mol. The number of ether oxygens (including phenoxy) is 3. The van der Waals surface area contributed by atoms with Gasteiger partial charge in [-0.2, -0.15) is 0 Å². The third-order valence-corrected chi connectivity index (χ3v) is 7.24. The number of benzene rings is 4. The second-order valence-corrected chi connectivity index (χ2v) is 9.20. The molecular weight excluding hydrogens is 488 g/mol. The number of rotatable bonds is 7. The molecule has 0 amide bonds. The van der Waals surface area contributed by atoms with Crippen molar-refractivity contribution in [1.82, 2.24) is 0 Å². The molecule has 1 saturated carbocycles. The third-order valence-electron chi connectivity index (χ3n) is 7.24. The lowest BCUT2D eigenvalue weighted by atomic mass is 9.52. The quantitative estimate of drug-likeness (QED) is 0.231. The van der Waals surface area contributed by atoms with Gasteiger partial charge in [-0.15, -0.1) is 0 Å². The molecule has 0 spiro atoms. The predicted octanol–water partition coefficient (Wildman–Crippen LogP) is 5.07. The lowest BCUT2D eigenvalue weighted by Gasteiger charge is -2.49. The zero-order valence-electron chi connectivity index (χ0n) is 20.7. The van der Waals surface area contributed by atoms with Crippen molar-refractivity contribution in [2.45, 2.75) is 11.8 Å². The van der Waals surface area contributed by atoms with Gasteiger partial charge in [-0.05, 0) is 46.8 Å². The summed E-state index contributed by atoms with van der Waals surface area (Å²) in [5.74, 6) is -4.60. The molecule has 1 fully saturated rings. The fourth-order valence-electron chi connectivity index (χ4n) is 5.44. The Labute approximate surface area is 218 Å². The molecular formula is C30H26O8. The number of phenolic OH excluding ortho intramolecular Hbond substituents is 2. The van der Waals surface area contributed by atoms with Crippen molar-refractivity contribution in [3.8, 4) is 28.7 Å². The lowest BCUT2D eigenvalue weighted by Crippen LogP contribution is -2.52. The van der Waals surface area contributed by atoms with Gasteiger partial charge in [0.2, 0.25) is 0 Å². The Hall–Kier alpha value is -4.72. The Bertz CT molecular complexity index is 1460. The second kappa shape index (κ2) is 9.97. The highest BCUT2D eigenvalue weighted by atomic mass is 16.5. The normalized spacial score (nSPS) is 20.4. The number of carboxylic acid groups (broad SMARTS) is 1. The maximum absolute atomic E-state index is 13.8. The monoisotopic (exact) mass is 514 g/mol. The molecule has 5 rings (SSSR count). The Balaban J connectivity index is 1.61. The Morgan fingerprint density at radius 1 is 0.684 bits per heavy atom. The van der Waals surface area contributed by atoms with E-state index in [0.29, 0.717) is 16.9 Å². The van der Waals surface area contributed by atoms with Gasteiger partial charge in [0.05, 0.1) is 26.1 Å². The SMILES string of the molecule is COc1cc([C@H]2[C@H](C(=O)O)[C@H](c3ccc(O)c(OC)c3)[C@H]2C(=O)Oc2cccc3ccccc23)ccc1O. The van der Waals surface area contributed by atoms with E-state index in [-0.39, 0.29) is 23.0 Å². The molecule has 0 radical (unpaired) electrons. The number of methoxy groups -OCH3 is 2. The number of carbonyl (C=O) groups is 2. The van der Waals surface area contributed by atoms with Crippen molar-refractivity contribution in [1.29, 1.82) is 0 Å². The van der Waals surface area contributed by atoms with Crippen LogP contribution in [0.3, 0.4) is 0 Å². The Morgan fingerprint density at radius 2 is 1.24 bits per heavy atom. The summed E-state index contributed by atoms with van der Waals surface area (Å²) in [6.45, 7) is 0. The molecule has 0 bridgehead atoms. The number of fused-ring (bicyclic) bond motifs is 1. The summed E-state index contributed by atoms with van der Waals surface area (Å²) in [5, 5.41) is 32.1. The minimum atomic E-state index is -1.09. The van der Waals surface area contributed by atoms with Gasteiger partial charge in [-0.1, -0.05) is 48.5 Å². The van der Waals surface area contributed by atoms with Crippen molar-refractivity contribution < 1.29 is 39.1 Å². The fourth-order valence-corrected chi connectivity index (χ4v) is 5.44. The molecule has 4 aromatic rings. The molecule has 0 aliphatic heterocycles. The first-order chi connectivity index (χ1) is 18.3. The van der Waals surface area contributed by atoms with E-state index >= 15 is 0 Å². The summed E-state index contributed by atoms with van der Waals surface area (Å²) in [4.78, 5) is 26.4. The maximum atomic E-state index is 13.8. The second-order valence-electron chi connectivity index (χ2n) is 9.20. The van der Waals surface area contributed by atoms with Gasteiger partial charge in [0, 0.05) is 17.2 Å². The van der Waals surface area contributed by atoms with Crippen molar-refractivity contribution in [3.05, 3.63) is 90.0 Å². The molecule has 3 N–H and O–H groups in total. The highest BCUT2D eigenvalue weighted by Crippen LogP contribution is 2.59. The van der Waals surface area contributed by atoms with E-state index in [1.807, 2.05) is 30.3 Å². The van der Waals surface area contributed by atoms with Crippen LogP contribution in [0.25, 0.3) is 10.8 Å². The summed E-state index contributed by atoms with van der Waals surface area (Å²) in [5.41, 5.74) is 1.04. The van der Waals surface area contributed by atoms with Gasteiger partial charge in [-0.3, -0.25) is 9.59 Å². The topological polar surface area (TPSA) is 123 Å². The number of carbonyl (C=O) groups excluding carboxylic acids is 1. The zero-order chi connectivity index (χ0) is 27.0. The van der Waals surface area contributed by atoms with Crippen LogP contribution in [0.2, 0.25) is 0 Å². The smallest absolute Gasteiger partial charge is 0.315 e. The van der Waals surface area contributed by atoms with Crippen LogP contribution in [0.5, 0.6) is 28.7 Å². The van der Waals surface area contributed by atoms with Crippen molar-refractivity contribution in [2.24, 2.45) is 11.8 Å². The number of phenols is 2. The highest BCUT2D eigenvalue weighted by Gasteiger charge is 2.59. The molecule has 1 aliphatic rings. The number of carboxylic acids is 1. The van der Waals surface area contributed by atoms with Gasteiger partial charge >= 0.3 is 11.9 Å². The molecule has 0 heterocycles. The third kappa shape index (κ3) is 4.24.